The monoisotopic (exact) mass is 372 g/mol. The van der Waals surface area contributed by atoms with Crippen LogP contribution in [0.3, 0.4) is 0 Å². The summed E-state index contributed by atoms with van der Waals surface area (Å²) < 4.78 is 40.7. The van der Waals surface area contributed by atoms with Crippen molar-refractivity contribution in [2.75, 3.05) is 4.23 Å². The number of H-pyrrole nitrogens is 1. The fraction of sp³-hybridized carbons (Fsp3) is 0.467. The molecule has 0 amide bonds. The SMILES string of the molecule is C[Si](C)(C)N(c1ccnc(-c2cc(C(F)(F)F)[nH]n2)c1)[Si](C)(C)C. The van der Waals surface area contributed by atoms with Crippen LogP contribution in [0.1, 0.15) is 5.69 Å². The number of alkyl halides is 3. The number of rotatable bonds is 4. The maximum Gasteiger partial charge on any atom is 0.432 e. The lowest BCUT2D eigenvalue weighted by Crippen LogP contribution is -2.59. The van der Waals surface area contributed by atoms with Crippen LogP contribution in [-0.4, -0.2) is 31.7 Å². The molecule has 4 nitrogen and oxygen atoms in total. The minimum Gasteiger partial charge on any atom is -0.424 e. The largest absolute Gasteiger partial charge is 0.432 e. The molecule has 0 radical (unpaired) electrons. The van der Waals surface area contributed by atoms with Gasteiger partial charge in [0.1, 0.15) is 27.9 Å². The zero-order valence-corrected chi connectivity index (χ0v) is 16.8. The number of hydrogen-bond donors (Lipinski definition) is 1. The van der Waals surface area contributed by atoms with E-state index in [0.717, 1.165) is 11.8 Å². The summed E-state index contributed by atoms with van der Waals surface area (Å²) >= 11 is 0. The molecule has 0 atom stereocenters. The zero-order chi connectivity index (χ0) is 18.3. The Morgan fingerprint density at radius 1 is 0.958 bits per heavy atom. The standard InChI is InChI=1S/C15H23F3N4Si2/c1-23(2,3)22(24(4,5)6)11-7-8-19-12(9-11)13-10-14(21-20-13)15(16,17)18/h7-10H,1-6H3,(H,20,21). The number of aromatic nitrogens is 3. The van der Waals surface area contributed by atoms with E-state index in [-0.39, 0.29) is 5.69 Å². The Bertz CT molecular complexity index is 700. The van der Waals surface area contributed by atoms with Crippen LogP contribution in [-0.2, 0) is 6.18 Å². The van der Waals surface area contributed by atoms with Gasteiger partial charge in [-0.15, -0.1) is 0 Å². The second kappa shape index (κ2) is 6.03. The molecule has 0 aromatic carbocycles. The summed E-state index contributed by atoms with van der Waals surface area (Å²) in [6.45, 7) is 13.6. The molecule has 0 aliphatic rings. The lowest BCUT2D eigenvalue weighted by atomic mass is 10.2. The van der Waals surface area contributed by atoms with Crippen LogP contribution in [0.5, 0.6) is 0 Å². The smallest absolute Gasteiger partial charge is 0.424 e. The predicted octanol–water partition coefficient (Wildman–Crippen LogP) is 4.97. The first-order valence-corrected chi connectivity index (χ1v) is 14.6. The van der Waals surface area contributed by atoms with Gasteiger partial charge in [0.15, 0.2) is 0 Å². The van der Waals surface area contributed by atoms with Crippen LogP contribution in [0.2, 0.25) is 39.3 Å². The van der Waals surface area contributed by atoms with Crippen molar-refractivity contribution in [3.05, 3.63) is 30.1 Å². The molecule has 132 valence electrons. The molecule has 0 spiro atoms. The molecular weight excluding hydrogens is 349 g/mol. The van der Waals surface area contributed by atoms with Crippen LogP contribution in [0.15, 0.2) is 24.4 Å². The summed E-state index contributed by atoms with van der Waals surface area (Å²) in [5.74, 6) is 0. The van der Waals surface area contributed by atoms with Crippen LogP contribution in [0, 0.1) is 0 Å². The molecule has 0 unspecified atom stereocenters. The van der Waals surface area contributed by atoms with Crippen molar-refractivity contribution in [1.82, 2.24) is 15.2 Å². The zero-order valence-electron chi connectivity index (χ0n) is 14.8. The molecule has 2 heterocycles. The van der Waals surface area contributed by atoms with Gasteiger partial charge in [-0.3, -0.25) is 10.1 Å². The van der Waals surface area contributed by atoms with Crippen LogP contribution >= 0.6 is 0 Å². The van der Waals surface area contributed by atoms with E-state index in [2.05, 4.69) is 53.6 Å². The third kappa shape index (κ3) is 4.07. The number of pyridine rings is 1. The summed E-state index contributed by atoms with van der Waals surface area (Å²) in [6, 6.07) is 4.77. The van der Waals surface area contributed by atoms with Crippen molar-refractivity contribution in [3.63, 3.8) is 0 Å². The first-order chi connectivity index (χ1) is 10.8. The fourth-order valence-corrected chi connectivity index (χ4v) is 13.0. The normalized spacial score (nSPS) is 13.2. The minimum atomic E-state index is -4.44. The highest BCUT2D eigenvalue weighted by molar-refractivity contribution is 6.99. The molecule has 0 saturated heterocycles. The van der Waals surface area contributed by atoms with E-state index < -0.39 is 28.3 Å². The lowest BCUT2D eigenvalue weighted by Gasteiger charge is -2.46. The second-order valence-corrected chi connectivity index (χ2v) is 17.8. The van der Waals surface area contributed by atoms with Crippen molar-refractivity contribution in [3.8, 4) is 11.4 Å². The van der Waals surface area contributed by atoms with E-state index >= 15 is 0 Å². The van der Waals surface area contributed by atoms with Crippen molar-refractivity contribution in [2.45, 2.75) is 45.5 Å². The number of nitrogens with zero attached hydrogens (tertiary/aromatic N) is 3. The summed E-state index contributed by atoms with van der Waals surface area (Å²) in [5.41, 5.74) is 0.794. The van der Waals surface area contributed by atoms with Gasteiger partial charge in [0.05, 0.1) is 5.69 Å². The lowest BCUT2D eigenvalue weighted by molar-refractivity contribution is -0.141. The van der Waals surface area contributed by atoms with Gasteiger partial charge in [-0.05, 0) is 18.2 Å². The highest BCUT2D eigenvalue weighted by Crippen LogP contribution is 2.32. The summed E-state index contributed by atoms with van der Waals surface area (Å²) in [4.78, 5) is 4.21. The van der Waals surface area contributed by atoms with Gasteiger partial charge in [0.25, 0.3) is 0 Å². The van der Waals surface area contributed by atoms with Gasteiger partial charge in [-0.25, -0.2) is 0 Å². The molecule has 24 heavy (non-hydrogen) atoms. The highest BCUT2D eigenvalue weighted by atomic mass is 28.4. The van der Waals surface area contributed by atoms with Crippen molar-refractivity contribution in [1.29, 1.82) is 0 Å². The Morgan fingerprint density at radius 3 is 2.00 bits per heavy atom. The van der Waals surface area contributed by atoms with Crippen LogP contribution in [0.4, 0.5) is 18.9 Å². The number of hydrogen-bond acceptors (Lipinski definition) is 3. The number of nitrogens with one attached hydrogen (secondary N) is 1. The number of anilines is 1. The van der Waals surface area contributed by atoms with E-state index in [0.29, 0.717) is 5.69 Å². The van der Waals surface area contributed by atoms with Gasteiger partial charge in [0.2, 0.25) is 0 Å². The Kier molecular flexibility index (Phi) is 4.70. The Labute approximate surface area is 142 Å². The molecule has 2 rings (SSSR count). The van der Waals surface area contributed by atoms with E-state index in [1.54, 1.807) is 6.20 Å². The molecule has 0 fully saturated rings. The maximum atomic E-state index is 12.7. The van der Waals surface area contributed by atoms with E-state index in [4.69, 9.17) is 0 Å². The van der Waals surface area contributed by atoms with Crippen LogP contribution < -0.4 is 4.23 Å². The topological polar surface area (TPSA) is 44.8 Å². The van der Waals surface area contributed by atoms with Gasteiger partial charge in [-0.2, -0.15) is 18.3 Å². The number of halogens is 3. The average molecular weight is 373 g/mol. The van der Waals surface area contributed by atoms with E-state index in [1.807, 2.05) is 17.2 Å². The molecule has 2 aromatic rings. The van der Waals surface area contributed by atoms with Crippen molar-refractivity contribution >= 4 is 22.2 Å². The minimum absolute atomic E-state index is 0.204. The Hall–Kier alpha value is -1.62. The molecule has 0 bridgehead atoms. The maximum absolute atomic E-state index is 12.7. The average Bonchev–Trinajstić information content (AvgIpc) is 2.84. The molecule has 0 saturated carbocycles. The molecule has 0 aliphatic heterocycles. The first-order valence-electron chi connectivity index (χ1n) is 7.69. The Morgan fingerprint density at radius 2 is 1.54 bits per heavy atom. The second-order valence-electron chi connectivity index (χ2n) is 7.74. The summed E-state index contributed by atoms with van der Waals surface area (Å²) in [7, 11) is -3.30. The molecule has 2 aromatic heterocycles. The fourth-order valence-electron chi connectivity index (χ4n) is 3.08. The van der Waals surface area contributed by atoms with Crippen LogP contribution in [0.25, 0.3) is 11.4 Å². The van der Waals surface area contributed by atoms with Crippen molar-refractivity contribution < 1.29 is 13.2 Å². The third-order valence-corrected chi connectivity index (χ3v) is 10.7. The predicted molar refractivity (Wildman–Crippen MR) is 96.0 cm³/mol. The van der Waals surface area contributed by atoms with Gasteiger partial charge < -0.3 is 4.23 Å². The third-order valence-electron chi connectivity index (χ3n) is 3.49. The molecule has 0 aliphatic carbocycles. The number of aromatic amines is 1. The van der Waals surface area contributed by atoms with E-state index in [9.17, 15) is 13.2 Å². The first kappa shape index (κ1) is 18.7. The van der Waals surface area contributed by atoms with Gasteiger partial charge >= 0.3 is 6.18 Å². The quantitative estimate of drug-likeness (QED) is 0.771. The van der Waals surface area contributed by atoms with Gasteiger partial charge in [-0.1, -0.05) is 39.3 Å². The molecule has 9 heteroatoms. The van der Waals surface area contributed by atoms with Crippen molar-refractivity contribution in [2.24, 2.45) is 0 Å². The van der Waals surface area contributed by atoms with Gasteiger partial charge in [0, 0.05) is 11.9 Å². The Balaban J connectivity index is 2.47. The molecular formula is C15H23F3N4Si2. The highest BCUT2D eigenvalue weighted by Gasteiger charge is 2.35. The summed E-state index contributed by atoms with van der Waals surface area (Å²) in [5, 5.41) is 5.82. The summed E-state index contributed by atoms with van der Waals surface area (Å²) in [6.07, 6.45) is -2.80. The van der Waals surface area contributed by atoms with E-state index in [1.165, 1.54) is 0 Å². The molecule has 1 N–H and O–H groups in total.